The Bertz CT molecular complexity index is 860. The highest BCUT2D eigenvalue weighted by atomic mass is 16.5. The molecule has 1 atom stereocenters. The number of hydrogen-bond donors (Lipinski definition) is 2. The van der Waals surface area contributed by atoms with Crippen LogP contribution >= 0.6 is 0 Å². The molecular weight excluding hydrogens is 326 g/mol. The van der Waals surface area contributed by atoms with Crippen molar-refractivity contribution in [2.45, 2.75) is 12.8 Å². The van der Waals surface area contributed by atoms with Crippen LogP contribution in [-0.4, -0.2) is 17.7 Å². The fourth-order valence-electron chi connectivity index (χ4n) is 3.01. The van der Waals surface area contributed by atoms with Crippen molar-refractivity contribution in [1.29, 1.82) is 0 Å². The summed E-state index contributed by atoms with van der Waals surface area (Å²) in [5.74, 6) is -0.191. The molecule has 132 valence electrons. The highest BCUT2D eigenvalue weighted by Crippen LogP contribution is 2.29. The lowest BCUT2D eigenvalue weighted by atomic mass is 9.89. The summed E-state index contributed by atoms with van der Waals surface area (Å²) < 4.78 is 5.55. The van der Waals surface area contributed by atoms with Crippen LogP contribution in [0.4, 0.5) is 0 Å². The van der Waals surface area contributed by atoms with Gasteiger partial charge in [0, 0.05) is 0 Å². The van der Waals surface area contributed by atoms with Gasteiger partial charge in [-0.3, -0.25) is 10.0 Å². The molecule has 1 amide bonds. The Labute approximate surface area is 153 Å². The largest absolute Gasteiger partial charge is 0.494 e. The first kappa shape index (κ1) is 17.7. The van der Waals surface area contributed by atoms with Crippen LogP contribution < -0.4 is 10.2 Å². The smallest absolute Gasteiger partial charge is 0.255 e. The normalized spacial score (nSPS) is 11.6. The fourth-order valence-corrected chi connectivity index (χ4v) is 3.01. The molecule has 0 bridgehead atoms. The van der Waals surface area contributed by atoms with E-state index in [1.54, 1.807) is 5.48 Å². The Hall–Kier alpha value is -3.11. The molecule has 3 rings (SSSR count). The average molecular weight is 347 g/mol. The Balaban J connectivity index is 1.92. The van der Waals surface area contributed by atoms with Gasteiger partial charge in [-0.1, -0.05) is 66.7 Å². The van der Waals surface area contributed by atoms with Gasteiger partial charge in [-0.15, -0.1) is 0 Å². The summed E-state index contributed by atoms with van der Waals surface area (Å²) in [5.41, 5.74) is 5.49. The van der Waals surface area contributed by atoms with Gasteiger partial charge in [-0.25, -0.2) is 5.48 Å². The molecule has 4 nitrogen and oxygen atoms in total. The van der Waals surface area contributed by atoms with Crippen LogP contribution in [0, 0.1) is 0 Å². The molecule has 0 saturated heterocycles. The number of hydroxylamine groups is 1. The van der Waals surface area contributed by atoms with E-state index in [-0.39, 0.29) is 0 Å². The SMILES string of the molecule is CCOc1cccc(-c2ccc(C(C(=O)NO)c3ccccc3)cc2)c1. The van der Waals surface area contributed by atoms with Crippen molar-refractivity contribution in [3.63, 3.8) is 0 Å². The van der Waals surface area contributed by atoms with Gasteiger partial charge in [-0.2, -0.15) is 0 Å². The van der Waals surface area contributed by atoms with Crippen LogP contribution in [0.15, 0.2) is 78.9 Å². The number of rotatable bonds is 6. The van der Waals surface area contributed by atoms with Crippen LogP contribution in [0.5, 0.6) is 5.75 Å². The minimum atomic E-state index is -0.565. The molecule has 1 unspecified atom stereocenters. The predicted octanol–water partition coefficient (Wildman–Crippen LogP) is 4.39. The topological polar surface area (TPSA) is 58.6 Å². The van der Waals surface area contributed by atoms with E-state index in [2.05, 4.69) is 0 Å². The molecule has 26 heavy (non-hydrogen) atoms. The second-order valence-electron chi connectivity index (χ2n) is 5.90. The number of ether oxygens (including phenoxy) is 1. The van der Waals surface area contributed by atoms with Crippen LogP contribution in [0.2, 0.25) is 0 Å². The van der Waals surface area contributed by atoms with Gasteiger partial charge in [0.15, 0.2) is 0 Å². The number of carbonyl (C=O) groups excluding carboxylic acids is 1. The van der Waals surface area contributed by atoms with E-state index < -0.39 is 11.8 Å². The Morgan fingerprint density at radius 3 is 2.27 bits per heavy atom. The summed E-state index contributed by atoms with van der Waals surface area (Å²) in [6.07, 6.45) is 0. The van der Waals surface area contributed by atoms with Crippen LogP contribution in [0.3, 0.4) is 0 Å². The first-order valence-corrected chi connectivity index (χ1v) is 8.55. The van der Waals surface area contributed by atoms with Gasteiger partial charge in [-0.05, 0) is 41.3 Å². The number of amides is 1. The summed E-state index contributed by atoms with van der Waals surface area (Å²) in [4.78, 5) is 12.2. The molecule has 4 heteroatoms. The average Bonchev–Trinajstić information content (AvgIpc) is 2.70. The molecular formula is C22H21NO3. The molecule has 0 aromatic heterocycles. The van der Waals surface area contributed by atoms with Crippen molar-refractivity contribution in [2.24, 2.45) is 0 Å². The van der Waals surface area contributed by atoms with Crippen molar-refractivity contribution in [3.8, 4) is 16.9 Å². The first-order valence-electron chi connectivity index (χ1n) is 8.55. The summed E-state index contributed by atoms with van der Waals surface area (Å²) in [5, 5.41) is 9.13. The van der Waals surface area contributed by atoms with Crippen molar-refractivity contribution in [2.75, 3.05) is 6.61 Å². The zero-order valence-electron chi connectivity index (χ0n) is 14.6. The molecule has 3 aromatic carbocycles. The third kappa shape index (κ3) is 3.92. The Kier molecular flexibility index (Phi) is 5.66. The molecule has 3 aromatic rings. The quantitative estimate of drug-likeness (QED) is 0.513. The molecule has 0 aliphatic carbocycles. The van der Waals surface area contributed by atoms with Crippen LogP contribution in [0.1, 0.15) is 24.0 Å². The maximum atomic E-state index is 12.2. The summed E-state index contributed by atoms with van der Waals surface area (Å²) in [7, 11) is 0. The maximum absolute atomic E-state index is 12.2. The molecule has 0 fully saturated rings. The molecule has 2 N–H and O–H groups in total. The van der Waals surface area contributed by atoms with E-state index in [0.29, 0.717) is 6.61 Å². The standard InChI is InChI=1S/C22H21NO3/c1-2-26-20-10-6-9-19(15-20)16-11-13-18(14-12-16)21(22(24)23-25)17-7-4-3-5-8-17/h3-15,21,25H,2H2,1H3,(H,23,24). The number of benzene rings is 3. The number of carbonyl (C=O) groups is 1. The van der Waals surface area contributed by atoms with Crippen LogP contribution in [0.25, 0.3) is 11.1 Å². The summed E-state index contributed by atoms with van der Waals surface area (Å²) >= 11 is 0. The molecule has 0 heterocycles. The second-order valence-corrected chi connectivity index (χ2v) is 5.90. The third-order valence-electron chi connectivity index (χ3n) is 4.23. The monoisotopic (exact) mass is 347 g/mol. The maximum Gasteiger partial charge on any atom is 0.255 e. The molecule has 0 spiro atoms. The first-order chi connectivity index (χ1) is 12.7. The summed E-state index contributed by atoms with van der Waals surface area (Å²) in [6.45, 7) is 2.58. The minimum Gasteiger partial charge on any atom is -0.494 e. The van der Waals surface area contributed by atoms with E-state index in [4.69, 9.17) is 9.94 Å². The van der Waals surface area contributed by atoms with Gasteiger partial charge < -0.3 is 4.74 Å². The van der Waals surface area contributed by atoms with E-state index in [1.807, 2.05) is 85.8 Å². The lowest BCUT2D eigenvalue weighted by molar-refractivity contribution is -0.129. The fraction of sp³-hybridized carbons (Fsp3) is 0.136. The van der Waals surface area contributed by atoms with Crippen molar-refractivity contribution < 1.29 is 14.7 Å². The van der Waals surface area contributed by atoms with Gasteiger partial charge in [0.2, 0.25) is 0 Å². The third-order valence-corrected chi connectivity index (χ3v) is 4.23. The Morgan fingerprint density at radius 2 is 1.62 bits per heavy atom. The zero-order chi connectivity index (χ0) is 18.4. The zero-order valence-corrected chi connectivity index (χ0v) is 14.6. The number of hydrogen-bond acceptors (Lipinski definition) is 3. The van der Waals surface area contributed by atoms with E-state index in [0.717, 1.165) is 28.0 Å². The summed E-state index contributed by atoms with van der Waals surface area (Å²) in [6, 6.07) is 25.1. The highest BCUT2D eigenvalue weighted by molar-refractivity contribution is 5.86. The van der Waals surface area contributed by atoms with Crippen molar-refractivity contribution in [3.05, 3.63) is 90.0 Å². The second kappa shape index (κ2) is 8.32. The van der Waals surface area contributed by atoms with Gasteiger partial charge >= 0.3 is 0 Å². The van der Waals surface area contributed by atoms with Gasteiger partial charge in [0.1, 0.15) is 5.75 Å². The predicted molar refractivity (Wildman–Crippen MR) is 101 cm³/mol. The lowest BCUT2D eigenvalue weighted by Crippen LogP contribution is -2.27. The van der Waals surface area contributed by atoms with Crippen molar-refractivity contribution in [1.82, 2.24) is 5.48 Å². The van der Waals surface area contributed by atoms with Gasteiger partial charge in [0.25, 0.3) is 5.91 Å². The molecule has 0 saturated carbocycles. The Morgan fingerprint density at radius 1 is 0.923 bits per heavy atom. The van der Waals surface area contributed by atoms with E-state index in [1.165, 1.54) is 0 Å². The molecule has 0 radical (unpaired) electrons. The minimum absolute atomic E-state index is 0.456. The molecule has 0 aliphatic rings. The van der Waals surface area contributed by atoms with Gasteiger partial charge in [0.05, 0.1) is 12.5 Å². The van der Waals surface area contributed by atoms with E-state index >= 15 is 0 Å². The van der Waals surface area contributed by atoms with E-state index in [9.17, 15) is 4.79 Å². The lowest BCUT2D eigenvalue weighted by Gasteiger charge is -2.16. The van der Waals surface area contributed by atoms with Crippen molar-refractivity contribution >= 4 is 5.91 Å². The molecule has 0 aliphatic heterocycles. The van der Waals surface area contributed by atoms with Crippen LogP contribution in [-0.2, 0) is 4.79 Å². The highest BCUT2D eigenvalue weighted by Gasteiger charge is 2.22. The number of nitrogens with one attached hydrogen (secondary N) is 1.